The van der Waals surface area contributed by atoms with Gasteiger partial charge in [-0.1, -0.05) is 12.5 Å². The normalized spacial score (nSPS) is 23.1. The minimum absolute atomic E-state index is 0.0858. The lowest BCUT2D eigenvalue weighted by molar-refractivity contribution is 0.0941. The standard InChI is InChI=1S/C13H16F2N2O/c14-10-5-2-4-9(12(10)15)13(18)17-7-8-3-1-6-11(8)16/h2,4-5,8,11H,1,3,6-7,16H2,(H,17,18). The van der Waals surface area contributed by atoms with E-state index in [-0.39, 0.29) is 17.5 Å². The van der Waals surface area contributed by atoms with Crippen molar-refractivity contribution >= 4 is 5.91 Å². The van der Waals surface area contributed by atoms with Crippen LogP contribution >= 0.6 is 0 Å². The highest BCUT2D eigenvalue weighted by Gasteiger charge is 2.24. The Morgan fingerprint density at radius 3 is 2.83 bits per heavy atom. The fourth-order valence-corrected chi connectivity index (χ4v) is 2.32. The van der Waals surface area contributed by atoms with E-state index in [1.165, 1.54) is 12.1 Å². The smallest absolute Gasteiger partial charge is 0.254 e. The minimum Gasteiger partial charge on any atom is -0.352 e. The summed E-state index contributed by atoms with van der Waals surface area (Å²) in [6, 6.07) is 3.65. The molecule has 0 saturated heterocycles. The molecule has 1 amide bonds. The number of rotatable bonds is 3. The van der Waals surface area contributed by atoms with Gasteiger partial charge in [-0.3, -0.25) is 4.79 Å². The Balaban J connectivity index is 1.97. The van der Waals surface area contributed by atoms with Crippen LogP contribution in [0, 0.1) is 17.6 Å². The van der Waals surface area contributed by atoms with E-state index in [0.717, 1.165) is 25.3 Å². The Labute approximate surface area is 104 Å². The molecule has 1 aromatic rings. The predicted octanol–water partition coefficient (Wildman–Crippen LogP) is 1.82. The van der Waals surface area contributed by atoms with Crippen molar-refractivity contribution in [1.82, 2.24) is 5.32 Å². The first kappa shape index (κ1) is 13.0. The Hall–Kier alpha value is -1.49. The molecule has 2 unspecified atom stereocenters. The topological polar surface area (TPSA) is 55.1 Å². The number of carbonyl (C=O) groups is 1. The molecule has 98 valence electrons. The molecule has 18 heavy (non-hydrogen) atoms. The number of carbonyl (C=O) groups excluding carboxylic acids is 1. The zero-order valence-corrected chi connectivity index (χ0v) is 9.96. The first-order valence-electron chi connectivity index (χ1n) is 6.07. The van der Waals surface area contributed by atoms with Crippen molar-refractivity contribution in [3.8, 4) is 0 Å². The third-order valence-corrected chi connectivity index (χ3v) is 3.44. The van der Waals surface area contributed by atoms with Crippen molar-refractivity contribution in [2.24, 2.45) is 11.7 Å². The maximum absolute atomic E-state index is 13.4. The van der Waals surface area contributed by atoms with E-state index in [9.17, 15) is 13.6 Å². The van der Waals surface area contributed by atoms with E-state index in [1.807, 2.05) is 0 Å². The Kier molecular flexibility index (Phi) is 3.91. The van der Waals surface area contributed by atoms with Crippen LogP contribution in [0.4, 0.5) is 8.78 Å². The fraction of sp³-hybridized carbons (Fsp3) is 0.462. The van der Waals surface area contributed by atoms with E-state index in [0.29, 0.717) is 6.54 Å². The van der Waals surface area contributed by atoms with Crippen LogP contribution < -0.4 is 11.1 Å². The summed E-state index contributed by atoms with van der Waals surface area (Å²) in [6.45, 7) is 0.413. The van der Waals surface area contributed by atoms with Crippen molar-refractivity contribution in [1.29, 1.82) is 0 Å². The predicted molar refractivity (Wildman–Crippen MR) is 64.0 cm³/mol. The molecular formula is C13H16F2N2O. The first-order chi connectivity index (χ1) is 8.59. The lowest BCUT2D eigenvalue weighted by Gasteiger charge is -2.16. The van der Waals surface area contributed by atoms with Crippen LogP contribution in [-0.2, 0) is 0 Å². The molecule has 0 radical (unpaired) electrons. The molecule has 3 nitrogen and oxygen atoms in total. The Morgan fingerprint density at radius 2 is 2.17 bits per heavy atom. The molecule has 0 aromatic heterocycles. The summed E-state index contributed by atoms with van der Waals surface area (Å²) in [5.74, 6) is -2.48. The van der Waals surface area contributed by atoms with E-state index < -0.39 is 17.5 Å². The summed E-state index contributed by atoms with van der Waals surface area (Å²) in [7, 11) is 0. The molecule has 1 saturated carbocycles. The molecule has 5 heteroatoms. The highest BCUT2D eigenvalue weighted by atomic mass is 19.2. The van der Waals surface area contributed by atoms with Crippen LogP contribution in [0.3, 0.4) is 0 Å². The summed E-state index contributed by atoms with van der Waals surface area (Å²) < 4.78 is 26.3. The fourth-order valence-electron chi connectivity index (χ4n) is 2.32. The molecule has 1 aliphatic rings. The molecule has 0 aliphatic heterocycles. The average molecular weight is 254 g/mol. The van der Waals surface area contributed by atoms with E-state index >= 15 is 0 Å². The van der Waals surface area contributed by atoms with Crippen LogP contribution in [0.25, 0.3) is 0 Å². The molecule has 0 spiro atoms. The quantitative estimate of drug-likeness (QED) is 0.864. The zero-order valence-electron chi connectivity index (χ0n) is 9.96. The number of amides is 1. The summed E-state index contributed by atoms with van der Waals surface area (Å²) in [4.78, 5) is 11.7. The number of halogens is 2. The first-order valence-corrected chi connectivity index (χ1v) is 6.07. The second-order valence-corrected chi connectivity index (χ2v) is 4.67. The van der Waals surface area contributed by atoms with Gasteiger partial charge in [0.05, 0.1) is 5.56 Å². The van der Waals surface area contributed by atoms with Gasteiger partial charge in [0, 0.05) is 12.6 Å². The third kappa shape index (κ3) is 2.67. The van der Waals surface area contributed by atoms with Gasteiger partial charge in [0.2, 0.25) is 0 Å². The van der Waals surface area contributed by atoms with Gasteiger partial charge in [0.15, 0.2) is 11.6 Å². The summed E-state index contributed by atoms with van der Waals surface area (Å²) in [6.07, 6.45) is 2.97. The van der Waals surface area contributed by atoms with Crippen molar-refractivity contribution in [3.63, 3.8) is 0 Å². The molecule has 1 aliphatic carbocycles. The van der Waals surface area contributed by atoms with Crippen molar-refractivity contribution in [2.75, 3.05) is 6.54 Å². The summed E-state index contributed by atoms with van der Waals surface area (Å²) in [5, 5.41) is 2.61. The van der Waals surface area contributed by atoms with Gasteiger partial charge in [0.1, 0.15) is 0 Å². The van der Waals surface area contributed by atoms with Crippen LogP contribution in [0.2, 0.25) is 0 Å². The van der Waals surface area contributed by atoms with Crippen molar-refractivity contribution in [3.05, 3.63) is 35.4 Å². The molecule has 0 heterocycles. The van der Waals surface area contributed by atoms with Gasteiger partial charge >= 0.3 is 0 Å². The Bertz CT molecular complexity index is 451. The summed E-state index contributed by atoms with van der Waals surface area (Å²) in [5.41, 5.74) is 5.61. The zero-order chi connectivity index (χ0) is 13.1. The third-order valence-electron chi connectivity index (χ3n) is 3.44. The largest absolute Gasteiger partial charge is 0.352 e. The lowest BCUT2D eigenvalue weighted by atomic mass is 10.0. The van der Waals surface area contributed by atoms with Crippen molar-refractivity contribution < 1.29 is 13.6 Å². The highest BCUT2D eigenvalue weighted by molar-refractivity contribution is 5.94. The van der Waals surface area contributed by atoms with E-state index in [1.54, 1.807) is 0 Å². The molecule has 3 N–H and O–H groups in total. The number of hydrogen-bond donors (Lipinski definition) is 2. The second kappa shape index (κ2) is 5.44. The van der Waals surface area contributed by atoms with Crippen molar-refractivity contribution in [2.45, 2.75) is 25.3 Å². The highest BCUT2D eigenvalue weighted by Crippen LogP contribution is 2.23. The SMILES string of the molecule is NC1CCCC1CNC(=O)c1cccc(F)c1F. The molecule has 2 rings (SSSR count). The second-order valence-electron chi connectivity index (χ2n) is 4.67. The summed E-state index contributed by atoms with van der Waals surface area (Å²) >= 11 is 0. The minimum atomic E-state index is -1.11. The monoisotopic (exact) mass is 254 g/mol. The van der Waals surface area contributed by atoms with E-state index in [2.05, 4.69) is 5.32 Å². The number of nitrogens with two attached hydrogens (primary N) is 1. The van der Waals surface area contributed by atoms with Gasteiger partial charge in [-0.15, -0.1) is 0 Å². The average Bonchev–Trinajstić information content (AvgIpc) is 2.75. The van der Waals surface area contributed by atoms with Gasteiger partial charge in [0.25, 0.3) is 5.91 Å². The van der Waals surface area contributed by atoms with Gasteiger partial charge < -0.3 is 11.1 Å². The lowest BCUT2D eigenvalue weighted by Crippen LogP contribution is -2.36. The number of hydrogen-bond acceptors (Lipinski definition) is 2. The Morgan fingerprint density at radius 1 is 1.39 bits per heavy atom. The molecular weight excluding hydrogens is 238 g/mol. The molecule has 0 bridgehead atoms. The molecule has 1 aromatic carbocycles. The number of nitrogens with one attached hydrogen (secondary N) is 1. The maximum Gasteiger partial charge on any atom is 0.254 e. The maximum atomic E-state index is 13.4. The number of benzene rings is 1. The van der Waals surface area contributed by atoms with Gasteiger partial charge in [-0.05, 0) is 30.9 Å². The van der Waals surface area contributed by atoms with E-state index in [4.69, 9.17) is 5.73 Å². The van der Waals surface area contributed by atoms with Gasteiger partial charge in [-0.25, -0.2) is 8.78 Å². The van der Waals surface area contributed by atoms with Gasteiger partial charge in [-0.2, -0.15) is 0 Å². The van der Waals surface area contributed by atoms with Crippen LogP contribution in [0.1, 0.15) is 29.6 Å². The van der Waals surface area contributed by atoms with Crippen LogP contribution in [0.5, 0.6) is 0 Å². The molecule has 1 fully saturated rings. The van der Waals surface area contributed by atoms with Crippen LogP contribution in [0.15, 0.2) is 18.2 Å². The van der Waals surface area contributed by atoms with Crippen LogP contribution in [-0.4, -0.2) is 18.5 Å². The molecule has 2 atom stereocenters.